The van der Waals surface area contributed by atoms with Gasteiger partial charge < -0.3 is 9.30 Å². The first kappa shape index (κ1) is 18.6. The largest absolute Gasteiger partial charge is 0.497 e. The fourth-order valence-corrected chi connectivity index (χ4v) is 4.80. The van der Waals surface area contributed by atoms with Gasteiger partial charge in [-0.25, -0.2) is 8.42 Å². The Morgan fingerprint density at radius 3 is 2.58 bits per heavy atom. The molecule has 3 aromatic rings. The number of ether oxygens (including phenoxy) is 1. The number of benzene rings is 2. The van der Waals surface area contributed by atoms with Crippen molar-refractivity contribution in [3.63, 3.8) is 0 Å². The van der Waals surface area contributed by atoms with Gasteiger partial charge in [0, 0.05) is 12.1 Å². The molecule has 2 aromatic carbocycles. The van der Waals surface area contributed by atoms with Crippen LogP contribution < -0.4 is 9.54 Å². The molecular formula is C17H15ClN2O4S2. The number of amides is 1. The third-order valence-electron chi connectivity index (χ3n) is 3.72. The van der Waals surface area contributed by atoms with Crippen molar-refractivity contribution in [3.05, 3.63) is 52.3 Å². The Kier molecular flexibility index (Phi) is 5.17. The molecule has 136 valence electrons. The van der Waals surface area contributed by atoms with Crippen molar-refractivity contribution in [3.8, 4) is 5.75 Å². The van der Waals surface area contributed by atoms with Gasteiger partial charge in [-0.15, -0.1) is 0 Å². The number of carbonyl (C=O) groups excluding carboxylic acids is 1. The van der Waals surface area contributed by atoms with Crippen LogP contribution in [0, 0.1) is 0 Å². The molecule has 6 nitrogen and oxygen atoms in total. The molecule has 3 rings (SSSR count). The average Bonchev–Trinajstić information content (AvgIpc) is 2.89. The maximum atomic E-state index is 12.4. The van der Waals surface area contributed by atoms with Gasteiger partial charge >= 0.3 is 0 Å². The molecule has 0 aliphatic heterocycles. The van der Waals surface area contributed by atoms with Crippen molar-refractivity contribution in [1.82, 2.24) is 4.57 Å². The molecule has 0 saturated carbocycles. The Morgan fingerprint density at radius 2 is 1.92 bits per heavy atom. The zero-order chi connectivity index (χ0) is 18.9. The Bertz CT molecular complexity index is 1150. The van der Waals surface area contributed by atoms with E-state index in [2.05, 4.69) is 4.99 Å². The number of fused-ring (bicyclic) bond motifs is 1. The maximum absolute atomic E-state index is 12.4. The Labute approximate surface area is 159 Å². The van der Waals surface area contributed by atoms with Gasteiger partial charge in [0.05, 0.1) is 22.2 Å². The van der Waals surface area contributed by atoms with Crippen molar-refractivity contribution in [2.45, 2.75) is 4.90 Å². The minimum Gasteiger partial charge on any atom is -0.497 e. The van der Waals surface area contributed by atoms with Crippen LogP contribution in [0.4, 0.5) is 0 Å². The van der Waals surface area contributed by atoms with Gasteiger partial charge in [0.2, 0.25) is 0 Å². The molecule has 1 heterocycles. The van der Waals surface area contributed by atoms with Crippen molar-refractivity contribution in [2.24, 2.45) is 12.0 Å². The van der Waals surface area contributed by atoms with Crippen LogP contribution in [0.2, 0.25) is 5.02 Å². The van der Waals surface area contributed by atoms with Crippen LogP contribution in [0.1, 0.15) is 0 Å². The zero-order valence-corrected chi connectivity index (χ0v) is 16.4. The highest BCUT2D eigenvalue weighted by Gasteiger charge is 2.19. The van der Waals surface area contributed by atoms with Crippen molar-refractivity contribution >= 4 is 48.9 Å². The summed E-state index contributed by atoms with van der Waals surface area (Å²) in [6.07, 6.45) is 0. The molecule has 0 bridgehead atoms. The summed E-state index contributed by atoms with van der Waals surface area (Å²) < 4.78 is 32.4. The number of aryl methyl sites for hydroxylation is 1. The topological polar surface area (TPSA) is 77.7 Å². The molecule has 1 amide bonds. The highest BCUT2D eigenvalue weighted by molar-refractivity contribution is 7.92. The predicted octanol–water partition coefficient (Wildman–Crippen LogP) is 2.80. The fourth-order valence-electron chi connectivity index (χ4n) is 2.38. The van der Waals surface area contributed by atoms with Crippen LogP contribution in [0.15, 0.2) is 52.4 Å². The molecule has 0 saturated heterocycles. The smallest absolute Gasteiger partial charge is 0.263 e. The number of hydrogen-bond donors (Lipinski definition) is 0. The molecule has 0 spiro atoms. The number of aromatic nitrogens is 1. The first-order valence-corrected chi connectivity index (χ1v) is 10.3. The summed E-state index contributed by atoms with van der Waals surface area (Å²) in [6, 6.07) is 11.2. The number of halogens is 1. The van der Waals surface area contributed by atoms with E-state index in [0.717, 1.165) is 10.2 Å². The Morgan fingerprint density at radius 1 is 1.23 bits per heavy atom. The second-order valence-corrected chi connectivity index (χ2v) is 8.93. The van der Waals surface area contributed by atoms with Gasteiger partial charge in [-0.05, 0) is 42.5 Å². The molecule has 0 N–H and O–H groups in total. The van der Waals surface area contributed by atoms with Gasteiger partial charge in [-0.2, -0.15) is 4.99 Å². The summed E-state index contributed by atoms with van der Waals surface area (Å²) in [6.45, 7) is 0. The quantitative estimate of drug-likeness (QED) is 0.662. The molecule has 0 atom stereocenters. The van der Waals surface area contributed by atoms with Gasteiger partial charge in [0.25, 0.3) is 5.91 Å². The van der Waals surface area contributed by atoms with E-state index in [1.807, 2.05) is 6.07 Å². The molecule has 0 unspecified atom stereocenters. The van der Waals surface area contributed by atoms with E-state index in [0.29, 0.717) is 15.6 Å². The van der Waals surface area contributed by atoms with Crippen LogP contribution in [0.3, 0.4) is 0 Å². The van der Waals surface area contributed by atoms with Crippen LogP contribution in [-0.2, 0) is 21.7 Å². The predicted molar refractivity (Wildman–Crippen MR) is 101 cm³/mol. The van der Waals surface area contributed by atoms with E-state index in [1.165, 1.54) is 42.7 Å². The lowest BCUT2D eigenvalue weighted by Crippen LogP contribution is -2.19. The Balaban J connectivity index is 1.90. The van der Waals surface area contributed by atoms with Gasteiger partial charge in [-0.3, -0.25) is 4.79 Å². The standard InChI is InChI=1S/C17H15ClN2O4S2/c1-20-14-8-3-11(18)9-15(14)25-17(20)19-16(21)10-26(22,23)13-6-4-12(24-2)5-7-13/h3-9H,10H2,1-2H3. The second kappa shape index (κ2) is 7.22. The molecule has 0 fully saturated rings. The van der Waals surface area contributed by atoms with Gasteiger partial charge in [0.15, 0.2) is 14.6 Å². The molecular weight excluding hydrogens is 396 g/mol. The number of carbonyl (C=O) groups is 1. The third-order valence-corrected chi connectivity index (χ3v) is 6.67. The number of thiazole rings is 1. The second-order valence-electron chi connectivity index (χ2n) is 5.50. The Hall–Kier alpha value is -2.16. The normalized spacial score (nSPS) is 12.5. The average molecular weight is 411 g/mol. The van der Waals surface area contributed by atoms with Crippen molar-refractivity contribution in [1.29, 1.82) is 0 Å². The van der Waals surface area contributed by atoms with Crippen molar-refractivity contribution in [2.75, 3.05) is 12.9 Å². The zero-order valence-electron chi connectivity index (χ0n) is 14.0. The highest BCUT2D eigenvalue weighted by Crippen LogP contribution is 2.21. The molecule has 9 heteroatoms. The number of nitrogens with zero attached hydrogens (tertiary/aromatic N) is 2. The minimum absolute atomic E-state index is 0.0503. The highest BCUT2D eigenvalue weighted by atomic mass is 35.5. The summed E-state index contributed by atoms with van der Waals surface area (Å²) in [4.78, 5) is 16.6. The molecule has 0 radical (unpaired) electrons. The fraction of sp³-hybridized carbons (Fsp3) is 0.176. The first-order chi connectivity index (χ1) is 12.3. The SMILES string of the molecule is COc1ccc(S(=O)(=O)CC(=O)N=c2sc3cc(Cl)ccc3n2C)cc1. The minimum atomic E-state index is -3.78. The molecule has 1 aromatic heterocycles. The van der Waals surface area contributed by atoms with E-state index in [4.69, 9.17) is 16.3 Å². The lowest BCUT2D eigenvalue weighted by Gasteiger charge is -2.03. The lowest BCUT2D eigenvalue weighted by atomic mass is 10.3. The van der Waals surface area contributed by atoms with Crippen LogP contribution in [-0.4, -0.2) is 31.8 Å². The van der Waals surface area contributed by atoms with Gasteiger partial charge in [-0.1, -0.05) is 22.9 Å². The molecule has 26 heavy (non-hydrogen) atoms. The van der Waals surface area contributed by atoms with Crippen LogP contribution in [0.5, 0.6) is 5.75 Å². The third kappa shape index (κ3) is 3.82. The van der Waals surface area contributed by atoms with Crippen LogP contribution in [0.25, 0.3) is 10.2 Å². The molecule has 0 aliphatic rings. The van der Waals surface area contributed by atoms with E-state index < -0.39 is 21.5 Å². The number of hydrogen-bond acceptors (Lipinski definition) is 5. The van der Waals surface area contributed by atoms with E-state index >= 15 is 0 Å². The summed E-state index contributed by atoms with van der Waals surface area (Å²) in [5.41, 5.74) is 0.865. The maximum Gasteiger partial charge on any atom is 0.263 e. The summed E-state index contributed by atoms with van der Waals surface area (Å²) >= 11 is 7.25. The summed E-state index contributed by atoms with van der Waals surface area (Å²) in [5.74, 6) is -0.890. The molecule has 0 aliphatic carbocycles. The first-order valence-electron chi connectivity index (χ1n) is 7.49. The van der Waals surface area contributed by atoms with Crippen LogP contribution >= 0.6 is 22.9 Å². The summed E-state index contributed by atoms with van der Waals surface area (Å²) in [7, 11) is -0.528. The number of rotatable bonds is 4. The number of sulfone groups is 1. The summed E-state index contributed by atoms with van der Waals surface area (Å²) in [5, 5.41) is 0.583. The number of methoxy groups -OCH3 is 1. The monoisotopic (exact) mass is 410 g/mol. The van der Waals surface area contributed by atoms with E-state index in [-0.39, 0.29) is 4.90 Å². The van der Waals surface area contributed by atoms with E-state index in [9.17, 15) is 13.2 Å². The van der Waals surface area contributed by atoms with Crippen molar-refractivity contribution < 1.29 is 17.9 Å². The lowest BCUT2D eigenvalue weighted by molar-refractivity contribution is -0.115. The van der Waals surface area contributed by atoms with E-state index in [1.54, 1.807) is 23.7 Å². The van der Waals surface area contributed by atoms with Gasteiger partial charge in [0.1, 0.15) is 11.5 Å².